The van der Waals surface area contributed by atoms with Gasteiger partial charge in [0, 0.05) is 11.4 Å². The molecular weight excluding hydrogens is 204 g/mol. The summed E-state index contributed by atoms with van der Waals surface area (Å²) in [6.45, 7) is 6.52. The zero-order chi connectivity index (χ0) is 11.3. The van der Waals surface area contributed by atoms with Gasteiger partial charge in [0.2, 0.25) is 0 Å². The average Bonchev–Trinajstić information content (AvgIpc) is 2.50. The highest BCUT2D eigenvalue weighted by Crippen LogP contribution is 2.15. The molecule has 1 rings (SSSR count). The summed E-state index contributed by atoms with van der Waals surface area (Å²) in [6, 6.07) is 0.320. The highest BCUT2D eigenvalue weighted by Gasteiger charge is 2.04. The molecule has 0 radical (unpaired) electrons. The number of nitrogens with two attached hydrogens (primary N) is 1. The van der Waals surface area contributed by atoms with Crippen LogP contribution in [0.3, 0.4) is 0 Å². The maximum Gasteiger partial charge on any atom is 0.0928 e. The van der Waals surface area contributed by atoms with Gasteiger partial charge in [0.25, 0.3) is 0 Å². The van der Waals surface area contributed by atoms with Gasteiger partial charge in [0.1, 0.15) is 0 Å². The van der Waals surface area contributed by atoms with E-state index in [0.717, 1.165) is 25.7 Å². The van der Waals surface area contributed by atoms with E-state index in [-0.39, 0.29) is 0 Å². The van der Waals surface area contributed by atoms with Crippen molar-refractivity contribution in [2.45, 2.75) is 52.5 Å². The Bertz CT molecular complexity index is 279. The first-order valence-electron chi connectivity index (χ1n) is 5.76. The molecule has 0 saturated carbocycles. The van der Waals surface area contributed by atoms with Crippen LogP contribution in [0.25, 0.3) is 0 Å². The molecule has 1 atom stereocenters. The molecule has 3 heteroatoms. The molecule has 0 aliphatic rings. The molecule has 1 unspecified atom stereocenters. The van der Waals surface area contributed by atoms with Crippen molar-refractivity contribution >= 4 is 11.3 Å². The van der Waals surface area contributed by atoms with E-state index in [9.17, 15) is 0 Å². The number of rotatable bonds is 6. The molecule has 2 nitrogen and oxygen atoms in total. The SMILES string of the molecule is CC(C)Cc1csc(CCCC(C)N)n1. The van der Waals surface area contributed by atoms with Gasteiger partial charge in [0.05, 0.1) is 10.7 Å². The van der Waals surface area contributed by atoms with Crippen LogP contribution >= 0.6 is 11.3 Å². The Morgan fingerprint density at radius 3 is 2.73 bits per heavy atom. The van der Waals surface area contributed by atoms with Gasteiger partial charge >= 0.3 is 0 Å². The van der Waals surface area contributed by atoms with Crippen LogP contribution in [0.15, 0.2) is 5.38 Å². The van der Waals surface area contributed by atoms with Crippen molar-refractivity contribution in [3.63, 3.8) is 0 Å². The molecule has 0 aromatic carbocycles. The summed E-state index contributed by atoms with van der Waals surface area (Å²) in [6.07, 6.45) is 4.44. The van der Waals surface area contributed by atoms with E-state index in [1.807, 2.05) is 0 Å². The highest BCUT2D eigenvalue weighted by molar-refractivity contribution is 7.09. The molecule has 0 bridgehead atoms. The van der Waals surface area contributed by atoms with Gasteiger partial charge in [0.15, 0.2) is 0 Å². The Balaban J connectivity index is 2.33. The highest BCUT2D eigenvalue weighted by atomic mass is 32.1. The minimum Gasteiger partial charge on any atom is -0.328 e. The summed E-state index contributed by atoms with van der Waals surface area (Å²) >= 11 is 1.79. The van der Waals surface area contributed by atoms with Crippen LogP contribution in [-0.2, 0) is 12.8 Å². The van der Waals surface area contributed by atoms with Gasteiger partial charge in [-0.15, -0.1) is 11.3 Å². The summed E-state index contributed by atoms with van der Waals surface area (Å²) < 4.78 is 0. The molecule has 0 aliphatic heterocycles. The Morgan fingerprint density at radius 1 is 1.40 bits per heavy atom. The first-order valence-corrected chi connectivity index (χ1v) is 6.64. The third kappa shape index (κ3) is 5.28. The van der Waals surface area contributed by atoms with Gasteiger partial charge in [-0.1, -0.05) is 13.8 Å². The van der Waals surface area contributed by atoms with E-state index in [0.29, 0.717) is 12.0 Å². The van der Waals surface area contributed by atoms with Crippen molar-refractivity contribution in [3.8, 4) is 0 Å². The second kappa shape index (κ2) is 6.23. The lowest BCUT2D eigenvalue weighted by molar-refractivity contribution is 0.617. The van der Waals surface area contributed by atoms with Crippen molar-refractivity contribution in [2.24, 2.45) is 11.7 Å². The number of thiazole rings is 1. The molecule has 0 fully saturated rings. The molecule has 0 saturated heterocycles. The Morgan fingerprint density at radius 2 is 2.13 bits per heavy atom. The third-order valence-corrected chi connectivity index (χ3v) is 3.22. The van der Waals surface area contributed by atoms with E-state index in [4.69, 9.17) is 5.73 Å². The van der Waals surface area contributed by atoms with Gasteiger partial charge < -0.3 is 5.73 Å². The van der Waals surface area contributed by atoms with E-state index < -0.39 is 0 Å². The van der Waals surface area contributed by atoms with Gasteiger partial charge in [-0.2, -0.15) is 0 Å². The summed E-state index contributed by atoms with van der Waals surface area (Å²) in [5.74, 6) is 0.698. The summed E-state index contributed by atoms with van der Waals surface area (Å²) in [7, 11) is 0. The molecule has 0 spiro atoms. The molecule has 1 heterocycles. The minimum absolute atomic E-state index is 0.320. The van der Waals surface area contributed by atoms with Crippen molar-refractivity contribution in [1.82, 2.24) is 4.98 Å². The lowest BCUT2D eigenvalue weighted by atomic mass is 10.1. The number of aromatic nitrogens is 1. The third-order valence-electron chi connectivity index (χ3n) is 2.27. The quantitative estimate of drug-likeness (QED) is 0.810. The van der Waals surface area contributed by atoms with Crippen molar-refractivity contribution in [2.75, 3.05) is 0 Å². The fourth-order valence-corrected chi connectivity index (χ4v) is 2.40. The molecule has 1 aromatic heterocycles. The lowest BCUT2D eigenvalue weighted by Crippen LogP contribution is -2.14. The summed E-state index contributed by atoms with van der Waals surface area (Å²) in [4.78, 5) is 4.62. The molecule has 0 amide bonds. The fourth-order valence-electron chi connectivity index (χ4n) is 1.55. The van der Waals surface area contributed by atoms with Gasteiger partial charge in [-0.25, -0.2) is 4.98 Å². The predicted octanol–water partition coefficient (Wildman–Crippen LogP) is 3.01. The van der Waals surface area contributed by atoms with E-state index in [1.54, 1.807) is 11.3 Å². The second-order valence-corrected chi connectivity index (χ2v) is 5.64. The zero-order valence-electron chi connectivity index (χ0n) is 9.99. The molecule has 86 valence electrons. The van der Waals surface area contributed by atoms with Crippen LogP contribution in [-0.4, -0.2) is 11.0 Å². The number of hydrogen-bond acceptors (Lipinski definition) is 3. The Hall–Kier alpha value is -0.410. The number of nitrogens with zero attached hydrogens (tertiary/aromatic N) is 1. The monoisotopic (exact) mass is 226 g/mol. The van der Waals surface area contributed by atoms with Crippen molar-refractivity contribution < 1.29 is 0 Å². The summed E-state index contributed by atoms with van der Waals surface area (Å²) in [5.41, 5.74) is 6.97. The predicted molar refractivity (Wildman–Crippen MR) is 67.2 cm³/mol. The van der Waals surface area contributed by atoms with Crippen LogP contribution in [0.5, 0.6) is 0 Å². The van der Waals surface area contributed by atoms with Crippen LogP contribution in [0, 0.1) is 5.92 Å². The molecule has 0 aliphatic carbocycles. The maximum atomic E-state index is 5.71. The first-order chi connectivity index (χ1) is 7.08. The van der Waals surface area contributed by atoms with E-state index in [2.05, 4.69) is 31.1 Å². The van der Waals surface area contributed by atoms with Crippen LogP contribution in [0.2, 0.25) is 0 Å². The smallest absolute Gasteiger partial charge is 0.0928 e. The minimum atomic E-state index is 0.320. The maximum absolute atomic E-state index is 5.71. The Kier molecular flexibility index (Phi) is 5.26. The fraction of sp³-hybridized carbons (Fsp3) is 0.750. The molecule has 1 aromatic rings. The largest absolute Gasteiger partial charge is 0.328 e. The van der Waals surface area contributed by atoms with Crippen LogP contribution < -0.4 is 5.73 Å². The second-order valence-electron chi connectivity index (χ2n) is 4.70. The van der Waals surface area contributed by atoms with Crippen LogP contribution in [0.1, 0.15) is 44.3 Å². The number of aryl methyl sites for hydroxylation is 1. The number of hydrogen-bond donors (Lipinski definition) is 1. The summed E-state index contributed by atoms with van der Waals surface area (Å²) in [5, 5.41) is 3.47. The van der Waals surface area contributed by atoms with Crippen molar-refractivity contribution in [3.05, 3.63) is 16.1 Å². The van der Waals surface area contributed by atoms with Crippen LogP contribution in [0.4, 0.5) is 0 Å². The molecule has 2 N–H and O–H groups in total. The topological polar surface area (TPSA) is 38.9 Å². The zero-order valence-corrected chi connectivity index (χ0v) is 10.8. The lowest BCUT2D eigenvalue weighted by Gasteiger charge is -2.02. The molecular formula is C12H22N2S. The first kappa shape index (κ1) is 12.7. The standard InChI is InChI=1S/C12H22N2S/c1-9(2)7-11-8-15-12(14-11)6-4-5-10(3)13/h8-10H,4-7,13H2,1-3H3. The van der Waals surface area contributed by atoms with Gasteiger partial charge in [-0.3, -0.25) is 0 Å². The van der Waals surface area contributed by atoms with E-state index >= 15 is 0 Å². The Labute approximate surface area is 96.9 Å². The van der Waals surface area contributed by atoms with Gasteiger partial charge in [-0.05, 0) is 38.5 Å². The van der Waals surface area contributed by atoms with E-state index in [1.165, 1.54) is 10.7 Å². The average molecular weight is 226 g/mol. The molecule has 15 heavy (non-hydrogen) atoms. The normalized spacial score (nSPS) is 13.4. The van der Waals surface area contributed by atoms with Crippen molar-refractivity contribution in [1.29, 1.82) is 0 Å².